The Kier molecular flexibility index (Phi) is 3.28. The van der Waals surface area contributed by atoms with Gasteiger partial charge < -0.3 is 10.1 Å². The van der Waals surface area contributed by atoms with Crippen LogP contribution in [0.4, 0.5) is 0 Å². The van der Waals surface area contributed by atoms with Crippen molar-refractivity contribution in [2.75, 3.05) is 13.7 Å². The van der Waals surface area contributed by atoms with E-state index >= 15 is 0 Å². The third-order valence-electron chi connectivity index (χ3n) is 2.87. The minimum Gasteiger partial charge on any atom is -0.493 e. The number of rotatable bonds is 3. The van der Waals surface area contributed by atoms with Crippen LogP contribution in [0.15, 0.2) is 18.2 Å². The van der Waals surface area contributed by atoms with E-state index in [1.165, 1.54) is 7.05 Å². The largest absolute Gasteiger partial charge is 0.493 e. The first-order chi connectivity index (χ1) is 8.67. The lowest BCUT2D eigenvalue weighted by Crippen LogP contribution is -2.32. The molecule has 5 nitrogen and oxygen atoms in total. The molecule has 18 heavy (non-hydrogen) atoms. The van der Waals surface area contributed by atoms with Crippen LogP contribution < -0.4 is 10.1 Å². The molecule has 0 radical (unpaired) electrons. The lowest BCUT2D eigenvalue weighted by Gasteiger charge is -2.07. The molecule has 0 saturated carbocycles. The Balaban J connectivity index is 2.29. The molecule has 5 heteroatoms. The second-order valence-electron chi connectivity index (χ2n) is 3.96. The standard InChI is InChI=1S/C13H12N2O3/c1-15-13(17)10(7-14)12(16)9-2-3-11-8(6-9)4-5-18-11/h2-3,6,10H,4-5H2,1H3,(H,15,17)/t10-/m1/s1. The van der Waals surface area contributed by atoms with Crippen molar-refractivity contribution in [3.63, 3.8) is 0 Å². The molecule has 1 aliphatic heterocycles. The summed E-state index contributed by atoms with van der Waals surface area (Å²) in [4.78, 5) is 23.5. The van der Waals surface area contributed by atoms with Gasteiger partial charge in [-0.2, -0.15) is 5.26 Å². The fourth-order valence-electron chi connectivity index (χ4n) is 1.89. The van der Waals surface area contributed by atoms with Crippen LogP contribution in [0.25, 0.3) is 0 Å². The highest BCUT2D eigenvalue weighted by Gasteiger charge is 2.27. The zero-order chi connectivity index (χ0) is 13.1. The minimum atomic E-state index is -1.30. The summed E-state index contributed by atoms with van der Waals surface area (Å²) in [6.07, 6.45) is 0.744. The number of benzene rings is 1. The maximum atomic E-state index is 12.1. The zero-order valence-corrected chi connectivity index (χ0v) is 9.90. The second kappa shape index (κ2) is 4.88. The molecule has 0 unspecified atom stereocenters. The monoisotopic (exact) mass is 244 g/mol. The van der Waals surface area contributed by atoms with E-state index in [1.54, 1.807) is 24.3 Å². The smallest absolute Gasteiger partial charge is 0.245 e. The van der Waals surface area contributed by atoms with Crippen LogP contribution in [0.2, 0.25) is 0 Å². The molecular weight excluding hydrogens is 232 g/mol. The Morgan fingerprint density at radius 3 is 2.94 bits per heavy atom. The molecule has 2 rings (SSSR count). The number of ketones is 1. The Hall–Kier alpha value is -2.35. The van der Waals surface area contributed by atoms with Gasteiger partial charge in [0, 0.05) is 19.0 Å². The first-order valence-corrected chi connectivity index (χ1v) is 5.58. The number of nitriles is 1. The number of nitrogens with one attached hydrogen (secondary N) is 1. The van der Waals surface area contributed by atoms with E-state index in [0.29, 0.717) is 12.2 Å². The van der Waals surface area contributed by atoms with Gasteiger partial charge in [0.25, 0.3) is 0 Å². The number of carbonyl (C=O) groups is 2. The summed E-state index contributed by atoms with van der Waals surface area (Å²) < 4.78 is 5.33. The summed E-state index contributed by atoms with van der Waals surface area (Å²) in [5, 5.41) is 11.2. The molecular formula is C13H12N2O3. The summed E-state index contributed by atoms with van der Waals surface area (Å²) in [6.45, 7) is 0.601. The van der Waals surface area contributed by atoms with Crippen molar-refractivity contribution in [3.8, 4) is 11.8 Å². The molecule has 0 spiro atoms. The Labute approximate surface area is 104 Å². The first kappa shape index (κ1) is 12.1. The van der Waals surface area contributed by atoms with Gasteiger partial charge in [-0.1, -0.05) is 0 Å². The number of hydrogen-bond donors (Lipinski definition) is 1. The van der Waals surface area contributed by atoms with E-state index in [-0.39, 0.29) is 0 Å². The first-order valence-electron chi connectivity index (χ1n) is 5.58. The molecule has 1 heterocycles. The average Bonchev–Trinajstić information content (AvgIpc) is 2.86. The van der Waals surface area contributed by atoms with Crippen LogP contribution in [0.1, 0.15) is 15.9 Å². The van der Waals surface area contributed by atoms with Gasteiger partial charge in [-0.15, -0.1) is 0 Å². The average molecular weight is 244 g/mol. The number of fused-ring (bicyclic) bond motifs is 1. The van der Waals surface area contributed by atoms with E-state index < -0.39 is 17.6 Å². The molecule has 0 saturated heterocycles. The highest BCUT2D eigenvalue weighted by atomic mass is 16.5. The molecule has 92 valence electrons. The van der Waals surface area contributed by atoms with Gasteiger partial charge in [0.15, 0.2) is 11.7 Å². The van der Waals surface area contributed by atoms with Crippen molar-refractivity contribution in [1.29, 1.82) is 5.26 Å². The van der Waals surface area contributed by atoms with Crippen molar-refractivity contribution in [1.82, 2.24) is 5.32 Å². The molecule has 0 bridgehead atoms. The number of amides is 1. The van der Waals surface area contributed by atoms with E-state index in [2.05, 4.69) is 5.32 Å². The van der Waals surface area contributed by atoms with Gasteiger partial charge >= 0.3 is 0 Å². The Bertz CT molecular complexity index is 546. The summed E-state index contributed by atoms with van der Waals surface area (Å²) in [5.41, 5.74) is 1.31. The molecule has 1 aliphatic rings. The van der Waals surface area contributed by atoms with Gasteiger partial charge in [0.2, 0.25) is 5.91 Å². The molecule has 1 aromatic carbocycles. The van der Waals surface area contributed by atoms with Gasteiger partial charge in [0.1, 0.15) is 5.75 Å². The zero-order valence-electron chi connectivity index (χ0n) is 9.90. The molecule has 0 fully saturated rings. The van der Waals surface area contributed by atoms with Crippen LogP contribution in [-0.4, -0.2) is 25.3 Å². The second-order valence-corrected chi connectivity index (χ2v) is 3.96. The highest BCUT2D eigenvalue weighted by molar-refractivity contribution is 6.12. The minimum absolute atomic E-state index is 0.370. The molecule has 1 atom stereocenters. The number of hydrogen-bond acceptors (Lipinski definition) is 4. The summed E-state index contributed by atoms with van der Waals surface area (Å²) in [6, 6.07) is 6.70. The fourth-order valence-corrected chi connectivity index (χ4v) is 1.89. The van der Waals surface area contributed by atoms with Crippen LogP contribution >= 0.6 is 0 Å². The van der Waals surface area contributed by atoms with Crippen molar-refractivity contribution in [2.24, 2.45) is 5.92 Å². The van der Waals surface area contributed by atoms with Crippen molar-refractivity contribution in [3.05, 3.63) is 29.3 Å². The number of carbonyl (C=O) groups excluding carboxylic acids is 2. The Morgan fingerprint density at radius 1 is 1.50 bits per heavy atom. The SMILES string of the molecule is CNC(=O)[C@H](C#N)C(=O)c1ccc2c(c1)CCO2. The van der Waals surface area contributed by atoms with Crippen molar-refractivity contribution in [2.45, 2.75) is 6.42 Å². The van der Waals surface area contributed by atoms with Gasteiger partial charge in [-0.3, -0.25) is 9.59 Å². The van der Waals surface area contributed by atoms with Crippen LogP contribution in [-0.2, 0) is 11.2 Å². The van der Waals surface area contributed by atoms with Crippen LogP contribution in [0.3, 0.4) is 0 Å². The fraction of sp³-hybridized carbons (Fsp3) is 0.308. The maximum Gasteiger partial charge on any atom is 0.245 e. The lowest BCUT2D eigenvalue weighted by atomic mass is 9.96. The Morgan fingerprint density at radius 2 is 2.28 bits per heavy atom. The van der Waals surface area contributed by atoms with E-state index in [0.717, 1.165) is 17.7 Å². The van der Waals surface area contributed by atoms with Gasteiger partial charge in [-0.25, -0.2) is 0 Å². The highest BCUT2D eigenvalue weighted by Crippen LogP contribution is 2.26. The maximum absolute atomic E-state index is 12.1. The van der Waals surface area contributed by atoms with E-state index in [9.17, 15) is 9.59 Å². The number of nitrogens with zero attached hydrogens (tertiary/aromatic N) is 1. The third kappa shape index (κ3) is 2.05. The van der Waals surface area contributed by atoms with Crippen molar-refractivity contribution < 1.29 is 14.3 Å². The van der Waals surface area contributed by atoms with E-state index in [1.807, 2.05) is 0 Å². The lowest BCUT2D eigenvalue weighted by molar-refractivity contribution is -0.121. The summed E-state index contributed by atoms with van der Waals surface area (Å²) in [5.74, 6) is -1.60. The van der Waals surface area contributed by atoms with Crippen LogP contribution in [0.5, 0.6) is 5.75 Å². The summed E-state index contributed by atoms with van der Waals surface area (Å²) >= 11 is 0. The molecule has 0 aromatic heterocycles. The molecule has 1 aromatic rings. The quantitative estimate of drug-likeness (QED) is 0.626. The topological polar surface area (TPSA) is 79.2 Å². The predicted octanol–water partition coefficient (Wildman–Crippen LogP) is 0.690. The van der Waals surface area contributed by atoms with Crippen LogP contribution in [0, 0.1) is 17.2 Å². The van der Waals surface area contributed by atoms with E-state index in [4.69, 9.17) is 10.00 Å². The normalized spacial score (nSPS) is 14.0. The predicted molar refractivity (Wildman–Crippen MR) is 63.1 cm³/mol. The molecule has 0 aliphatic carbocycles. The van der Waals surface area contributed by atoms with Gasteiger partial charge in [-0.05, 0) is 23.8 Å². The number of Topliss-reactive ketones (excluding diaryl/α,β-unsaturated/α-hetero) is 1. The van der Waals surface area contributed by atoms with Gasteiger partial charge in [0.05, 0.1) is 12.7 Å². The number of ether oxygens (including phenoxy) is 1. The molecule has 1 N–H and O–H groups in total. The third-order valence-corrected chi connectivity index (χ3v) is 2.87. The molecule has 1 amide bonds. The van der Waals surface area contributed by atoms with Crippen molar-refractivity contribution >= 4 is 11.7 Å². The summed E-state index contributed by atoms with van der Waals surface area (Å²) in [7, 11) is 1.40.